The van der Waals surface area contributed by atoms with Crippen molar-refractivity contribution < 1.29 is 9.53 Å². The number of H-pyrrole nitrogens is 1. The highest BCUT2D eigenvalue weighted by Crippen LogP contribution is 2.20. The number of carbonyl (C=O) groups excluding carboxylic acids is 1. The maximum absolute atomic E-state index is 11.5. The Balaban J connectivity index is 2.75. The van der Waals surface area contributed by atoms with Gasteiger partial charge in [-0.2, -0.15) is 0 Å². The van der Waals surface area contributed by atoms with E-state index < -0.39 is 0 Å². The molecule has 0 aliphatic heterocycles. The smallest absolute Gasteiger partial charge is 0.338 e. The number of methoxy groups -OCH3 is 1. The summed E-state index contributed by atoms with van der Waals surface area (Å²) < 4.78 is 4.69. The van der Waals surface area contributed by atoms with Gasteiger partial charge in [-0.1, -0.05) is 5.92 Å². The first kappa shape index (κ1) is 9.35. The van der Waals surface area contributed by atoms with Gasteiger partial charge in [0.25, 0.3) is 0 Å². The molecule has 1 N–H and O–H groups in total. The summed E-state index contributed by atoms with van der Waals surface area (Å²) in [7, 11) is 1.35. The Morgan fingerprint density at radius 2 is 2.33 bits per heavy atom. The van der Waals surface area contributed by atoms with Crippen LogP contribution in [0.25, 0.3) is 10.9 Å². The SMILES string of the molecule is C#Cc1cc(C(=O)OC)c2cc[nH]c2c1. The molecule has 3 nitrogen and oxygen atoms in total. The van der Waals surface area contributed by atoms with Crippen LogP contribution in [0, 0.1) is 12.3 Å². The lowest BCUT2D eigenvalue weighted by Gasteiger charge is -2.02. The Hall–Kier alpha value is -2.21. The Morgan fingerprint density at radius 1 is 1.53 bits per heavy atom. The third-order valence-electron chi connectivity index (χ3n) is 2.24. The van der Waals surface area contributed by atoms with Crippen LogP contribution in [0.3, 0.4) is 0 Å². The highest BCUT2D eigenvalue weighted by Gasteiger charge is 2.11. The van der Waals surface area contributed by atoms with Gasteiger partial charge in [0.2, 0.25) is 0 Å². The number of hydrogen-bond acceptors (Lipinski definition) is 2. The second-order valence-electron chi connectivity index (χ2n) is 3.10. The van der Waals surface area contributed by atoms with E-state index in [0.717, 1.165) is 10.9 Å². The van der Waals surface area contributed by atoms with Crippen LogP contribution in [0.2, 0.25) is 0 Å². The molecule has 15 heavy (non-hydrogen) atoms. The van der Waals surface area contributed by atoms with Crippen LogP contribution in [0.15, 0.2) is 24.4 Å². The molecule has 0 spiro atoms. The fourth-order valence-corrected chi connectivity index (χ4v) is 1.53. The van der Waals surface area contributed by atoms with Crippen molar-refractivity contribution in [3.63, 3.8) is 0 Å². The number of terminal acetylenes is 1. The Kier molecular flexibility index (Phi) is 2.18. The third-order valence-corrected chi connectivity index (χ3v) is 2.24. The number of rotatable bonds is 1. The van der Waals surface area contributed by atoms with Crippen LogP contribution in [0.5, 0.6) is 0 Å². The van der Waals surface area contributed by atoms with Crippen LogP contribution in [-0.4, -0.2) is 18.1 Å². The number of ether oxygens (including phenoxy) is 1. The largest absolute Gasteiger partial charge is 0.465 e. The Labute approximate surface area is 87.1 Å². The van der Waals surface area contributed by atoms with Gasteiger partial charge in [0, 0.05) is 22.7 Å². The van der Waals surface area contributed by atoms with Gasteiger partial charge in [0.15, 0.2) is 0 Å². The molecule has 0 aliphatic carbocycles. The lowest BCUT2D eigenvalue weighted by molar-refractivity contribution is 0.0603. The summed E-state index contributed by atoms with van der Waals surface area (Å²) in [5.74, 6) is 2.12. The van der Waals surface area contributed by atoms with Crippen molar-refractivity contribution in [2.24, 2.45) is 0 Å². The van der Waals surface area contributed by atoms with E-state index in [1.165, 1.54) is 7.11 Å². The molecule has 0 amide bonds. The Morgan fingerprint density at radius 3 is 3.00 bits per heavy atom. The van der Waals surface area contributed by atoms with E-state index in [4.69, 9.17) is 11.2 Å². The number of aromatic nitrogens is 1. The number of fused-ring (bicyclic) bond motifs is 1. The molecule has 0 radical (unpaired) electrons. The van der Waals surface area contributed by atoms with E-state index in [2.05, 4.69) is 10.9 Å². The second kappa shape index (κ2) is 3.50. The average molecular weight is 199 g/mol. The monoisotopic (exact) mass is 199 g/mol. The zero-order valence-electron chi connectivity index (χ0n) is 8.20. The van der Waals surface area contributed by atoms with Crippen LogP contribution < -0.4 is 0 Å². The number of aromatic amines is 1. The highest BCUT2D eigenvalue weighted by molar-refractivity contribution is 6.04. The lowest BCUT2D eigenvalue weighted by Crippen LogP contribution is -2.02. The molecule has 0 fully saturated rings. The number of benzene rings is 1. The van der Waals surface area contributed by atoms with E-state index in [9.17, 15) is 4.79 Å². The molecule has 0 unspecified atom stereocenters. The van der Waals surface area contributed by atoms with Gasteiger partial charge in [-0.25, -0.2) is 4.79 Å². The van der Waals surface area contributed by atoms with E-state index in [1.807, 2.05) is 12.1 Å². The molecular formula is C12H9NO2. The molecule has 1 heterocycles. The summed E-state index contributed by atoms with van der Waals surface area (Å²) in [6.07, 6.45) is 7.07. The van der Waals surface area contributed by atoms with E-state index in [1.54, 1.807) is 12.3 Å². The molecule has 2 aromatic rings. The van der Waals surface area contributed by atoms with Gasteiger partial charge in [0.05, 0.1) is 12.7 Å². The molecule has 0 bridgehead atoms. The van der Waals surface area contributed by atoms with E-state index in [0.29, 0.717) is 11.1 Å². The number of nitrogens with one attached hydrogen (secondary N) is 1. The van der Waals surface area contributed by atoms with Crippen LogP contribution >= 0.6 is 0 Å². The minimum Gasteiger partial charge on any atom is -0.465 e. The molecule has 0 aliphatic rings. The van der Waals surface area contributed by atoms with Crippen molar-refractivity contribution in [3.05, 3.63) is 35.5 Å². The zero-order valence-corrected chi connectivity index (χ0v) is 8.20. The molecule has 3 heteroatoms. The van der Waals surface area contributed by atoms with Crippen molar-refractivity contribution in [3.8, 4) is 12.3 Å². The maximum atomic E-state index is 11.5. The third kappa shape index (κ3) is 1.46. The van der Waals surface area contributed by atoms with Crippen molar-refractivity contribution in [1.82, 2.24) is 4.98 Å². The summed E-state index contributed by atoms with van der Waals surface area (Å²) in [5.41, 5.74) is 1.99. The molecule has 2 rings (SSSR count). The van der Waals surface area contributed by atoms with Gasteiger partial charge in [-0.05, 0) is 18.2 Å². The highest BCUT2D eigenvalue weighted by atomic mass is 16.5. The first-order valence-electron chi connectivity index (χ1n) is 4.42. The zero-order chi connectivity index (χ0) is 10.8. The Bertz CT molecular complexity index is 560. The fraction of sp³-hybridized carbons (Fsp3) is 0.0833. The number of esters is 1. The minimum absolute atomic E-state index is 0.378. The fourth-order valence-electron chi connectivity index (χ4n) is 1.53. The molecular weight excluding hydrogens is 190 g/mol. The number of hydrogen-bond donors (Lipinski definition) is 1. The average Bonchev–Trinajstić information content (AvgIpc) is 2.74. The minimum atomic E-state index is -0.378. The molecule has 0 saturated carbocycles. The quantitative estimate of drug-likeness (QED) is 0.563. The molecule has 1 aromatic heterocycles. The van der Waals surface area contributed by atoms with Gasteiger partial charge in [-0.3, -0.25) is 0 Å². The first-order valence-corrected chi connectivity index (χ1v) is 4.42. The predicted octanol–water partition coefficient (Wildman–Crippen LogP) is 1.94. The normalized spacial score (nSPS) is 9.87. The van der Waals surface area contributed by atoms with Crippen molar-refractivity contribution in [2.45, 2.75) is 0 Å². The first-order chi connectivity index (χ1) is 7.26. The maximum Gasteiger partial charge on any atom is 0.338 e. The van der Waals surface area contributed by atoms with Crippen molar-refractivity contribution >= 4 is 16.9 Å². The molecule has 0 saturated heterocycles. The van der Waals surface area contributed by atoms with E-state index >= 15 is 0 Å². The van der Waals surface area contributed by atoms with E-state index in [-0.39, 0.29) is 5.97 Å². The molecule has 74 valence electrons. The summed E-state index contributed by atoms with van der Waals surface area (Å²) in [4.78, 5) is 14.5. The second-order valence-corrected chi connectivity index (χ2v) is 3.10. The summed E-state index contributed by atoms with van der Waals surface area (Å²) in [6.45, 7) is 0. The van der Waals surface area contributed by atoms with Crippen LogP contribution in [-0.2, 0) is 4.74 Å². The van der Waals surface area contributed by atoms with Gasteiger partial charge < -0.3 is 9.72 Å². The van der Waals surface area contributed by atoms with Gasteiger partial charge in [-0.15, -0.1) is 6.42 Å². The standard InChI is InChI=1S/C12H9NO2/c1-3-8-6-10(12(14)15-2)9-4-5-13-11(9)7-8/h1,4-7,13H,2H3. The predicted molar refractivity (Wildman–Crippen MR) is 57.6 cm³/mol. The summed E-state index contributed by atoms with van der Waals surface area (Å²) in [5, 5.41) is 0.820. The molecule has 1 aromatic carbocycles. The lowest BCUT2D eigenvalue weighted by atomic mass is 10.1. The number of carbonyl (C=O) groups is 1. The molecule has 0 atom stereocenters. The summed E-state index contributed by atoms with van der Waals surface area (Å²) >= 11 is 0. The van der Waals surface area contributed by atoms with Crippen molar-refractivity contribution in [2.75, 3.05) is 7.11 Å². The van der Waals surface area contributed by atoms with Crippen LogP contribution in [0.1, 0.15) is 15.9 Å². The summed E-state index contributed by atoms with van der Waals surface area (Å²) in [6, 6.07) is 5.30. The van der Waals surface area contributed by atoms with Crippen molar-refractivity contribution in [1.29, 1.82) is 0 Å². The van der Waals surface area contributed by atoms with Gasteiger partial charge >= 0.3 is 5.97 Å². The van der Waals surface area contributed by atoms with Gasteiger partial charge in [0.1, 0.15) is 0 Å². The van der Waals surface area contributed by atoms with Crippen LogP contribution in [0.4, 0.5) is 0 Å². The topological polar surface area (TPSA) is 42.1 Å².